The lowest BCUT2D eigenvalue weighted by molar-refractivity contribution is -0.116. The van der Waals surface area contributed by atoms with E-state index in [1.807, 2.05) is 0 Å². The van der Waals surface area contributed by atoms with E-state index < -0.39 is 34.2 Å². The number of hydrogen-bond donors (Lipinski definition) is 1. The third-order valence-electron chi connectivity index (χ3n) is 3.64. The van der Waals surface area contributed by atoms with Crippen LogP contribution in [0.1, 0.15) is 15.9 Å². The largest absolute Gasteiger partial charge is 0.323 e. The Hall–Kier alpha value is -2.45. The number of nitrogens with one attached hydrogen (secondary N) is 1. The maximum Gasteiger partial charge on any atom is 0.268 e. The summed E-state index contributed by atoms with van der Waals surface area (Å²) in [6.45, 7) is -0.691. The predicted molar refractivity (Wildman–Crippen MR) is 90.1 cm³/mol. The molecule has 1 N–H and O–H groups in total. The molecule has 1 aliphatic rings. The van der Waals surface area contributed by atoms with Crippen LogP contribution in [0.4, 0.5) is 10.1 Å². The van der Waals surface area contributed by atoms with E-state index in [0.29, 0.717) is 9.87 Å². The van der Waals surface area contributed by atoms with Gasteiger partial charge in [0, 0.05) is 5.56 Å². The average molecular weight is 383 g/mol. The Morgan fingerprint density at radius 1 is 1.24 bits per heavy atom. The maximum atomic E-state index is 13.0. The van der Waals surface area contributed by atoms with E-state index in [4.69, 9.17) is 11.6 Å². The lowest BCUT2D eigenvalue weighted by Gasteiger charge is -2.27. The van der Waals surface area contributed by atoms with Gasteiger partial charge in [-0.25, -0.2) is 17.1 Å². The Morgan fingerprint density at radius 3 is 2.68 bits per heavy atom. The number of nitrogens with zero attached hydrogens (tertiary/aromatic N) is 1. The molecular formula is C16H12ClFN2O4S. The van der Waals surface area contributed by atoms with Gasteiger partial charge in [0.25, 0.3) is 5.91 Å². The zero-order valence-corrected chi connectivity index (χ0v) is 14.3. The number of rotatable bonds is 3. The smallest absolute Gasteiger partial charge is 0.268 e. The maximum absolute atomic E-state index is 13.0. The van der Waals surface area contributed by atoms with E-state index in [1.165, 1.54) is 12.1 Å². The average Bonchev–Trinajstić information content (AvgIpc) is 2.54. The molecule has 0 saturated carbocycles. The fourth-order valence-corrected chi connectivity index (χ4v) is 4.15. The summed E-state index contributed by atoms with van der Waals surface area (Å²) in [5.74, 6) is -2.46. The number of benzene rings is 2. The molecule has 2 aromatic rings. The van der Waals surface area contributed by atoms with Gasteiger partial charge in [-0.1, -0.05) is 29.8 Å². The van der Waals surface area contributed by atoms with Crippen molar-refractivity contribution in [1.82, 2.24) is 4.31 Å². The van der Waals surface area contributed by atoms with E-state index in [1.54, 1.807) is 18.2 Å². The fraction of sp³-hybridized carbons (Fsp3) is 0.125. The highest BCUT2D eigenvalue weighted by Gasteiger charge is 2.36. The van der Waals surface area contributed by atoms with E-state index in [0.717, 1.165) is 12.1 Å². The number of halogens is 2. The first-order valence-corrected chi connectivity index (χ1v) is 9.14. The second-order valence-corrected chi connectivity index (χ2v) is 7.70. The van der Waals surface area contributed by atoms with Crippen LogP contribution >= 0.6 is 11.6 Å². The molecule has 2 aromatic carbocycles. The topological polar surface area (TPSA) is 83.6 Å². The fourth-order valence-electron chi connectivity index (χ4n) is 2.47. The van der Waals surface area contributed by atoms with Crippen LogP contribution in [-0.4, -0.2) is 31.1 Å². The molecule has 3 rings (SSSR count). The third-order valence-corrected chi connectivity index (χ3v) is 5.60. The summed E-state index contributed by atoms with van der Waals surface area (Å²) in [5.41, 5.74) is 0.756. The molecule has 0 aliphatic carbocycles. The molecule has 1 heterocycles. The molecule has 130 valence electrons. The highest BCUT2D eigenvalue weighted by Crippen LogP contribution is 2.25. The monoisotopic (exact) mass is 382 g/mol. The van der Waals surface area contributed by atoms with Crippen molar-refractivity contribution < 1.29 is 22.4 Å². The molecular weight excluding hydrogens is 371 g/mol. The van der Waals surface area contributed by atoms with Crippen molar-refractivity contribution in [2.75, 3.05) is 11.9 Å². The summed E-state index contributed by atoms with van der Waals surface area (Å²) in [6, 6.07) is 9.68. The summed E-state index contributed by atoms with van der Waals surface area (Å²) < 4.78 is 38.2. The van der Waals surface area contributed by atoms with Crippen LogP contribution in [0.5, 0.6) is 0 Å². The normalized spacial score (nSPS) is 15.6. The van der Waals surface area contributed by atoms with Crippen molar-refractivity contribution in [2.24, 2.45) is 0 Å². The van der Waals surface area contributed by atoms with Crippen LogP contribution in [0.2, 0.25) is 5.02 Å². The Balaban J connectivity index is 1.82. The lowest BCUT2D eigenvalue weighted by Crippen LogP contribution is -2.45. The zero-order valence-electron chi connectivity index (χ0n) is 12.7. The van der Waals surface area contributed by atoms with E-state index >= 15 is 0 Å². The molecule has 9 heteroatoms. The van der Waals surface area contributed by atoms with Crippen molar-refractivity contribution >= 4 is 39.1 Å². The van der Waals surface area contributed by atoms with Crippen molar-refractivity contribution in [2.45, 2.75) is 5.75 Å². The summed E-state index contributed by atoms with van der Waals surface area (Å²) in [7, 11) is -3.96. The Labute approximate surface area is 148 Å². The number of anilines is 1. The van der Waals surface area contributed by atoms with Crippen molar-refractivity contribution in [3.8, 4) is 0 Å². The number of fused-ring (bicyclic) bond motifs is 1. The number of carbonyl (C=O) groups excluding carboxylic acids is 2. The van der Waals surface area contributed by atoms with Crippen LogP contribution in [0.15, 0.2) is 42.5 Å². The summed E-state index contributed by atoms with van der Waals surface area (Å²) in [6.07, 6.45) is 0. The molecule has 1 aliphatic heterocycles. The second kappa shape index (κ2) is 6.45. The molecule has 0 radical (unpaired) electrons. The number of sulfonamides is 1. The number of amides is 2. The van der Waals surface area contributed by atoms with Gasteiger partial charge in [0.2, 0.25) is 15.9 Å². The predicted octanol–water partition coefficient (Wildman–Crippen LogP) is 2.40. The van der Waals surface area contributed by atoms with Gasteiger partial charge in [-0.15, -0.1) is 0 Å². The van der Waals surface area contributed by atoms with E-state index in [-0.39, 0.29) is 22.0 Å². The summed E-state index contributed by atoms with van der Waals surface area (Å²) in [4.78, 5) is 24.6. The van der Waals surface area contributed by atoms with Crippen molar-refractivity contribution in [3.05, 3.63) is 64.4 Å². The minimum Gasteiger partial charge on any atom is -0.323 e. The lowest BCUT2D eigenvalue weighted by atomic mass is 10.1. The van der Waals surface area contributed by atoms with Gasteiger partial charge >= 0.3 is 0 Å². The van der Waals surface area contributed by atoms with Gasteiger partial charge in [-0.3, -0.25) is 9.59 Å². The summed E-state index contributed by atoms with van der Waals surface area (Å²) in [5, 5.41) is 2.34. The minimum absolute atomic E-state index is 0.0356. The van der Waals surface area contributed by atoms with Gasteiger partial charge in [0.1, 0.15) is 12.4 Å². The van der Waals surface area contributed by atoms with Gasteiger partial charge in [-0.05, 0) is 29.8 Å². The Morgan fingerprint density at radius 2 is 1.96 bits per heavy atom. The van der Waals surface area contributed by atoms with Gasteiger partial charge in [-0.2, -0.15) is 0 Å². The van der Waals surface area contributed by atoms with Gasteiger partial charge < -0.3 is 5.32 Å². The second-order valence-electron chi connectivity index (χ2n) is 5.40. The number of hydrogen-bond acceptors (Lipinski definition) is 4. The van der Waals surface area contributed by atoms with E-state index in [2.05, 4.69) is 5.32 Å². The summed E-state index contributed by atoms with van der Waals surface area (Å²) >= 11 is 5.81. The standard InChI is InChI=1S/C16H12ClFN2O4S/c17-13-7-11(18)5-6-14(13)19-15(21)8-20-16(22)12-4-2-1-3-10(12)9-25(20,23)24/h1-7H,8-9H2,(H,19,21). The highest BCUT2D eigenvalue weighted by molar-refractivity contribution is 7.89. The Bertz CT molecular complexity index is 978. The van der Waals surface area contributed by atoms with Crippen LogP contribution in [0.3, 0.4) is 0 Å². The quantitative estimate of drug-likeness (QED) is 0.883. The number of carbonyl (C=O) groups is 2. The van der Waals surface area contributed by atoms with Crippen LogP contribution in [-0.2, 0) is 20.6 Å². The minimum atomic E-state index is -3.96. The van der Waals surface area contributed by atoms with Crippen molar-refractivity contribution in [3.63, 3.8) is 0 Å². The van der Waals surface area contributed by atoms with Gasteiger partial charge in [0.05, 0.1) is 16.5 Å². The SMILES string of the molecule is O=C(CN1C(=O)c2ccccc2CS1(=O)=O)Nc1ccc(F)cc1Cl. The van der Waals surface area contributed by atoms with Crippen molar-refractivity contribution in [1.29, 1.82) is 0 Å². The molecule has 0 atom stereocenters. The van der Waals surface area contributed by atoms with Crippen LogP contribution in [0, 0.1) is 5.82 Å². The molecule has 2 amide bonds. The molecule has 0 saturated heterocycles. The first kappa shape index (κ1) is 17.4. The first-order valence-electron chi connectivity index (χ1n) is 7.15. The molecule has 6 nitrogen and oxygen atoms in total. The highest BCUT2D eigenvalue weighted by atomic mass is 35.5. The molecule has 0 unspecified atom stereocenters. The molecule has 0 fully saturated rings. The molecule has 25 heavy (non-hydrogen) atoms. The Kier molecular flexibility index (Phi) is 4.49. The third kappa shape index (κ3) is 3.49. The first-order chi connectivity index (χ1) is 11.8. The molecule has 0 aromatic heterocycles. The molecule has 0 spiro atoms. The van der Waals surface area contributed by atoms with E-state index in [9.17, 15) is 22.4 Å². The zero-order chi connectivity index (χ0) is 18.2. The van der Waals surface area contributed by atoms with Gasteiger partial charge in [0.15, 0.2) is 0 Å². The molecule has 0 bridgehead atoms. The van der Waals surface area contributed by atoms with Crippen LogP contribution < -0.4 is 5.32 Å². The van der Waals surface area contributed by atoms with Crippen LogP contribution in [0.25, 0.3) is 0 Å².